The molecule has 2 atom stereocenters. The average Bonchev–Trinajstić information content (AvgIpc) is 2.35. The van der Waals surface area contributed by atoms with Crippen molar-refractivity contribution in [2.75, 3.05) is 0 Å². The van der Waals surface area contributed by atoms with Crippen LogP contribution in [0.25, 0.3) is 6.08 Å². The Labute approximate surface area is 119 Å². The van der Waals surface area contributed by atoms with Gasteiger partial charge < -0.3 is 9.47 Å². The molecular formula is C16H20O4. The lowest BCUT2D eigenvalue weighted by Crippen LogP contribution is -2.33. The van der Waals surface area contributed by atoms with E-state index in [0.717, 1.165) is 11.1 Å². The summed E-state index contributed by atoms with van der Waals surface area (Å²) in [6.07, 6.45) is 0.793. The van der Waals surface area contributed by atoms with E-state index >= 15 is 0 Å². The molecule has 0 fully saturated rings. The van der Waals surface area contributed by atoms with E-state index in [9.17, 15) is 9.59 Å². The molecule has 0 radical (unpaired) electrons. The minimum Gasteiger partial charge on any atom is -0.459 e. The van der Waals surface area contributed by atoms with Crippen molar-refractivity contribution in [1.82, 2.24) is 0 Å². The molecule has 0 N–H and O–H groups in total. The summed E-state index contributed by atoms with van der Waals surface area (Å²) in [7, 11) is 0. The van der Waals surface area contributed by atoms with Crippen LogP contribution in [0.4, 0.5) is 0 Å². The van der Waals surface area contributed by atoms with Crippen LogP contribution in [0.15, 0.2) is 35.9 Å². The van der Waals surface area contributed by atoms with Gasteiger partial charge in [0.1, 0.15) is 6.10 Å². The predicted octanol–water partition coefficient (Wildman–Crippen LogP) is 2.97. The van der Waals surface area contributed by atoms with Gasteiger partial charge in [0.15, 0.2) is 6.10 Å². The Kier molecular flexibility index (Phi) is 5.97. The SMILES string of the molecule is CC(=O)O[C@@H](C)[C@H](OC(C)=O)/C(C)=C/c1ccccc1. The number of rotatable bonds is 5. The van der Waals surface area contributed by atoms with Gasteiger partial charge >= 0.3 is 11.9 Å². The number of hydrogen-bond donors (Lipinski definition) is 0. The molecule has 0 amide bonds. The summed E-state index contributed by atoms with van der Waals surface area (Å²) in [6.45, 7) is 6.22. The molecule has 0 spiro atoms. The first kappa shape index (κ1) is 16.0. The summed E-state index contributed by atoms with van der Waals surface area (Å²) in [5, 5.41) is 0. The fourth-order valence-corrected chi connectivity index (χ4v) is 1.96. The van der Waals surface area contributed by atoms with Crippen molar-refractivity contribution in [2.45, 2.75) is 39.9 Å². The van der Waals surface area contributed by atoms with Crippen LogP contribution in [0.1, 0.15) is 33.3 Å². The molecule has 0 aliphatic heterocycles. The summed E-state index contributed by atoms with van der Waals surface area (Å²) in [5.74, 6) is -0.808. The van der Waals surface area contributed by atoms with Gasteiger partial charge in [-0.2, -0.15) is 0 Å². The van der Waals surface area contributed by atoms with E-state index in [1.165, 1.54) is 13.8 Å². The molecule has 0 bridgehead atoms. The van der Waals surface area contributed by atoms with Gasteiger partial charge in [-0.3, -0.25) is 9.59 Å². The van der Waals surface area contributed by atoms with Crippen LogP contribution in [0.2, 0.25) is 0 Å². The Bertz CT molecular complexity index is 490. The molecule has 4 nitrogen and oxygen atoms in total. The third-order valence-electron chi connectivity index (χ3n) is 2.71. The lowest BCUT2D eigenvalue weighted by molar-refractivity contribution is -0.160. The second-order valence-corrected chi connectivity index (χ2v) is 4.64. The maximum atomic E-state index is 11.2. The maximum Gasteiger partial charge on any atom is 0.303 e. The third kappa shape index (κ3) is 5.26. The minimum absolute atomic E-state index is 0.401. The highest BCUT2D eigenvalue weighted by Crippen LogP contribution is 2.17. The highest BCUT2D eigenvalue weighted by atomic mass is 16.6. The number of carbonyl (C=O) groups excluding carboxylic acids is 2. The Morgan fingerprint density at radius 3 is 2.05 bits per heavy atom. The summed E-state index contributed by atoms with van der Waals surface area (Å²) >= 11 is 0. The van der Waals surface area contributed by atoms with E-state index in [4.69, 9.17) is 9.47 Å². The van der Waals surface area contributed by atoms with E-state index in [0.29, 0.717) is 0 Å². The quantitative estimate of drug-likeness (QED) is 0.776. The first-order chi connectivity index (χ1) is 9.40. The maximum absolute atomic E-state index is 11.2. The van der Waals surface area contributed by atoms with Gasteiger partial charge in [-0.15, -0.1) is 0 Å². The van der Waals surface area contributed by atoms with Crippen LogP contribution >= 0.6 is 0 Å². The molecule has 20 heavy (non-hydrogen) atoms. The largest absolute Gasteiger partial charge is 0.459 e. The van der Waals surface area contributed by atoms with Crippen molar-refractivity contribution in [3.63, 3.8) is 0 Å². The van der Waals surface area contributed by atoms with E-state index in [1.54, 1.807) is 6.92 Å². The summed E-state index contributed by atoms with van der Waals surface area (Å²) < 4.78 is 10.4. The number of esters is 2. The van der Waals surface area contributed by atoms with Gasteiger partial charge in [-0.1, -0.05) is 36.4 Å². The Morgan fingerprint density at radius 2 is 1.55 bits per heavy atom. The first-order valence-electron chi connectivity index (χ1n) is 6.48. The molecule has 0 saturated heterocycles. The van der Waals surface area contributed by atoms with Crippen LogP contribution in [-0.2, 0) is 19.1 Å². The molecule has 1 aromatic rings. The number of carbonyl (C=O) groups is 2. The van der Waals surface area contributed by atoms with Crippen LogP contribution < -0.4 is 0 Å². The Balaban J connectivity index is 2.94. The zero-order chi connectivity index (χ0) is 15.1. The van der Waals surface area contributed by atoms with Gasteiger partial charge in [0.05, 0.1) is 0 Å². The topological polar surface area (TPSA) is 52.6 Å². The molecule has 4 heteroatoms. The van der Waals surface area contributed by atoms with Crippen LogP contribution in [0.5, 0.6) is 0 Å². The first-order valence-corrected chi connectivity index (χ1v) is 6.48. The van der Waals surface area contributed by atoms with Crippen molar-refractivity contribution >= 4 is 18.0 Å². The molecule has 0 aliphatic rings. The van der Waals surface area contributed by atoms with E-state index < -0.39 is 24.1 Å². The number of ether oxygens (including phenoxy) is 2. The average molecular weight is 276 g/mol. The highest BCUT2D eigenvalue weighted by Gasteiger charge is 2.24. The smallest absolute Gasteiger partial charge is 0.303 e. The molecule has 0 unspecified atom stereocenters. The third-order valence-corrected chi connectivity index (χ3v) is 2.71. The van der Waals surface area contributed by atoms with Crippen molar-refractivity contribution in [2.24, 2.45) is 0 Å². The summed E-state index contributed by atoms with van der Waals surface area (Å²) in [5.41, 5.74) is 1.82. The highest BCUT2D eigenvalue weighted by molar-refractivity contribution is 5.68. The lowest BCUT2D eigenvalue weighted by atomic mass is 10.0. The van der Waals surface area contributed by atoms with Crippen LogP contribution in [0.3, 0.4) is 0 Å². The standard InChI is InChI=1S/C16H20O4/c1-11(10-15-8-6-5-7-9-15)16(20-14(4)18)12(2)19-13(3)17/h5-10,12,16H,1-4H3/b11-10+/t12-,16+/m0/s1. The predicted molar refractivity (Wildman–Crippen MR) is 76.9 cm³/mol. The van der Waals surface area contributed by atoms with Gasteiger partial charge in [-0.05, 0) is 25.0 Å². The lowest BCUT2D eigenvalue weighted by Gasteiger charge is -2.24. The molecule has 1 rings (SSSR count). The van der Waals surface area contributed by atoms with Crippen molar-refractivity contribution < 1.29 is 19.1 Å². The van der Waals surface area contributed by atoms with Crippen molar-refractivity contribution in [3.8, 4) is 0 Å². The Morgan fingerprint density at radius 1 is 1.00 bits per heavy atom. The molecule has 0 aromatic heterocycles. The minimum atomic E-state index is -0.586. The van der Waals surface area contributed by atoms with Gasteiger partial charge in [-0.25, -0.2) is 0 Å². The fourth-order valence-electron chi connectivity index (χ4n) is 1.96. The molecular weight excluding hydrogens is 256 g/mol. The zero-order valence-electron chi connectivity index (χ0n) is 12.3. The van der Waals surface area contributed by atoms with Gasteiger partial charge in [0.25, 0.3) is 0 Å². The van der Waals surface area contributed by atoms with Crippen molar-refractivity contribution in [1.29, 1.82) is 0 Å². The second kappa shape index (κ2) is 7.48. The fraction of sp³-hybridized carbons (Fsp3) is 0.375. The van der Waals surface area contributed by atoms with E-state index in [-0.39, 0.29) is 0 Å². The second-order valence-electron chi connectivity index (χ2n) is 4.64. The summed E-state index contributed by atoms with van der Waals surface area (Å²) in [4.78, 5) is 22.3. The molecule has 0 saturated carbocycles. The van der Waals surface area contributed by atoms with Gasteiger partial charge in [0, 0.05) is 13.8 Å². The van der Waals surface area contributed by atoms with Crippen LogP contribution in [-0.4, -0.2) is 24.1 Å². The van der Waals surface area contributed by atoms with Crippen molar-refractivity contribution in [3.05, 3.63) is 41.5 Å². The molecule has 108 valence electrons. The summed E-state index contributed by atoms with van der Waals surface area (Å²) in [6, 6.07) is 9.68. The molecule has 1 aromatic carbocycles. The van der Waals surface area contributed by atoms with Crippen LogP contribution in [0, 0.1) is 0 Å². The van der Waals surface area contributed by atoms with E-state index in [2.05, 4.69) is 0 Å². The molecule has 0 heterocycles. The number of hydrogen-bond acceptors (Lipinski definition) is 4. The molecule has 0 aliphatic carbocycles. The van der Waals surface area contributed by atoms with E-state index in [1.807, 2.05) is 43.3 Å². The monoisotopic (exact) mass is 276 g/mol. The normalized spacial score (nSPS) is 14.3. The van der Waals surface area contributed by atoms with Gasteiger partial charge in [0.2, 0.25) is 0 Å². The Hall–Kier alpha value is -2.10. The zero-order valence-corrected chi connectivity index (χ0v) is 12.3. The number of benzene rings is 1.